The predicted octanol–water partition coefficient (Wildman–Crippen LogP) is 1.88. The molecular formula is C17H24N2O2. The molecule has 4 heteroatoms. The fourth-order valence-electron chi connectivity index (χ4n) is 3.42. The van der Waals surface area contributed by atoms with E-state index in [2.05, 4.69) is 11.8 Å². The van der Waals surface area contributed by atoms with Crippen LogP contribution in [0, 0.1) is 5.92 Å². The van der Waals surface area contributed by atoms with Crippen LogP contribution >= 0.6 is 0 Å². The Hall–Kier alpha value is -1.39. The highest BCUT2D eigenvalue weighted by molar-refractivity contribution is 5.97. The Labute approximate surface area is 126 Å². The van der Waals surface area contributed by atoms with Gasteiger partial charge in [0.2, 0.25) is 5.91 Å². The number of hydrogen-bond donors (Lipinski definition) is 1. The second-order valence-corrected chi connectivity index (χ2v) is 6.31. The van der Waals surface area contributed by atoms with Crippen LogP contribution in [-0.2, 0) is 4.79 Å². The van der Waals surface area contributed by atoms with Gasteiger partial charge in [-0.15, -0.1) is 0 Å². The molecule has 3 rings (SSSR count). The molecule has 0 spiro atoms. The van der Waals surface area contributed by atoms with Crippen LogP contribution in [0.4, 0.5) is 5.69 Å². The number of benzene rings is 1. The van der Waals surface area contributed by atoms with E-state index in [9.17, 15) is 9.90 Å². The highest BCUT2D eigenvalue weighted by Gasteiger charge is 2.37. The third kappa shape index (κ3) is 2.97. The lowest BCUT2D eigenvalue weighted by Crippen LogP contribution is -2.56. The summed E-state index contributed by atoms with van der Waals surface area (Å²) in [6, 6.07) is 9.83. The van der Waals surface area contributed by atoms with Gasteiger partial charge < -0.3 is 10.0 Å². The van der Waals surface area contributed by atoms with Crippen molar-refractivity contribution in [1.29, 1.82) is 0 Å². The summed E-state index contributed by atoms with van der Waals surface area (Å²) in [6.07, 6.45) is 2.59. The van der Waals surface area contributed by atoms with E-state index >= 15 is 0 Å². The molecule has 0 saturated carbocycles. The van der Waals surface area contributed by atoms with Gasteiger partial charge in [-0.2, -0.15) is 0 Å². The van der Waals surface area contributed by atoms with Crippen LogP contribution in [0.2, 0.25) is 0 Å². The molecule has 2 aliphatic heterocycles. The molecule has 3 unspecified atom stereocenters. The van der Waals surface area contributed by atoms with E-state index in [1.54, 1.807) is 0 Å². The largest absolute Gasteiger partial charge is 0.392 e. The molecule has 2 heterocycles. The van der Waals surface area contributed by atoms with Crippen molar-refractivity contribution < 1.29 is 9.90 Å². The lowest BCUT2D eigenvalue weighted by atomic mass is 9.92. The Kier molecular flexibility index (Phi) is 4.27. The predicted molar refractivity (Wildman–Crippen MR) is 83.2 cm³/mol. The van der Waals surface area contributed by atoms with Gasteiger partial charge in [-0.25, -0.2) is 0 Å². The highest BCUT2D eigenvalue weighted by atomic mass is 16.3. The van der Waals surface area contributed by atoms with Crippen LogP contribution in [0.5, 0.6) is 0 Å². The molecule has 1 aromatic rings. The lowest BCUT2D eigenvalue weighted by Gasteiger charge is -2.42. The van der Waals surface area contributed by atoms with E-state index in [4.69, 9.17) is 0 Å². The Balaban J connectivity index is 1.73. The summed E-state index contributed by atoms with van der Waals surface area (Å²) in [6.45, 7) is 4.42. The smallest absolute Gasteiger partial charge is 0.244 e. The average Bonchev–Trinajstić information content (AvgIpc) is 2.51. The van der Waals surface area contributed by atoms with Gasteiger partial charge in [0, 0.05) is 18.8 Å². The zero-order valence-corrected chi connectivity index (χ0v) is 12.6. The van der Waals surface area contributed by atoms with Crippen molar-refractivity contribution in [3.63, 3.8) is 0 Å². The minimum absolute atomic E-state index is 0.0684. The third-order valence-electron chi connectivity index (χ3n) is 4.87. The standard InChI is InChI=1S/C17H24N2O2/c1-13-9-11-18(12-16(13)20)15-8-5-10-19(17(15)21)14-6-3-2-4-7-14/h2-4,6-7,13,15-16,20H,5,8-12H2,1H3. The van der Waals surface area contributed by atoms with Crippen LogP contribution in [0.3, 0.4) is 0 Å². The number of β-amino-alcohol motifs (C(OH)–C–C–N with tert-alkyl or cyclic N) is 1. The van der Waals surface area contributed by atoms with Crippen molar-refractivity contribution in [3.05, 3.63) is 30.3 Å². The van der Waals surface area contributed by atoms with Gasteiger partial charge in [-0.1, -0.05) is 25.1 Å². The van der Waals surface area contributed by atoms with Gasteiger partial charge in [-0.05, 0) is 43.9 Å². The molecule has 1 amide bonds. The molecule has 0 aliphatic carbocycles. The number of nitrogens with zero attached hydrogens (tertiary/aromatic N) is 2. The molecule has 0 radical (unpaired) electrons. The first-order valence-corrected chi connectivity index (χ1v) is 7.95. The maximum atomic E-state index is 12.8. The number of carbonyl (C=O) groups excluding carboxylic acids is 1. The minimum atomic E-state index is -0.307. The van der Waals surface area contributed by atoms with Gasteiger partial charge in [-0.3, -0.25) is 9.69 Å². The number of aliphatic hydroxyl groups is 1. The van der Waals surface area contributed by atoms with E-state index in [-0.39, 0.29) is 18.1 Å². The average molecular weight is 288 g/mol. The Morgan fingerprint density at radius 2 is 1.90 bits per heavy atom. The molecule has 1 aromatic carbocycles. The monoisotopic (exact) mass is 288 g/mol. The van der Waals surface area contributed by atoms with Crippen LogP contribution in [-0.4, -0.2) is 47.7 Å². The summed E-state index contributed by atoms with van der Waals surface area (Å²) in [7, 11) is 0. The summed E-state index contributed by atoms with van der Waals surface area (Å²) in [5, 5.41) is 10.1. The van der Waals surface area contributed by atoms with E-state index in [0.29, 0.717) is 12.5 Å². The molecule has 2 fully saturated rings. The fraction of sp³-hybridized carbons (Fsp3) is 0.588. The van der Waals surface area contributed by atoms with Gasteiger partial charge in [0.15, 0.2) is 0 Å². The second-order valence-electron chi connectivity index (χ2n) is 6.31. The van der Waals surface area contributed by atoms with Gasteiger partial charge in [0.25, 0.3) is 0 Å². The molecule has 0 bridgehead atoms. The first-order valence-electron chi connectivity index (χ1n) is 7.95. The zero-order chi connectivity index (χ0) is 14.8. The molecule has 0 aromatic heterocycles. The first-order chi connectivity index (χ1) is 10.2. The molecule has 2 aliphatic rings. The lowest BCUT2D eigenvalue weighted by molar-refractivity contribution is -0.127. The summed E-state index contributed by atoms with van der Waals surface area (Å²) in [5.41, 5.74) is 0.984. The number of carbonyl (C=O) groups is 1. The minimum Gasteiger partial charge on any atom is -0.392 e. The molecule has 21 heavy (non-hydrogen) atoms. The van der Waals surface area contributed by atoms with Crippen LogP contribution in [0.15, 0.2) is 30.3 Å². The normalized spacial score (nSPS) is 31.4. The molecule has 1 N–H and O–H groups in total. The van der Waals surface area contributed by atoms with Crippen LogP contribution < -0.4 is 4.90 Å². The van der Waals surface area contributed by atoms with E-state index < -0.39 is 0 Å². The molecule has 4 nitrogen and oxygen atoms in total. The van der Waals surface area contributed by atoms with Gasteiger partial charge in [0.1, 0.15) is 0 Å². The number of piperidine rings is 2. The fourth-order valence-corrected chi connectivity index (χ4v) is 3.42. The van der Waals surface area contributed by atoms with Crippen molar-refractivity contribution in [2.24, 2.45) is 5.92 Å². The van der Waals surface area contributed by atoms with E-state index in [1.807, 2.05) is 35.2 Å². The summed E-state index contributed by atoms with van der Waals surface area (Å²) >= 11 is 0. The number of rotatable bonds is 2. The number of likely N-dealkylation sites (tertiary alicyclic amines) is 1. The molecule has 114 valence electrons. The highest BCUT2D eigenvalue weighted by Crippen LogP contribution is 2.27. The Morgan fingerprint density at radius 3 is 2.62 bits per heavy atom. The second kappa shape index (κ2) is 6.16. The Morgan fingerprint density at radius 1 is 1.14 bits per heavy atom. The molecule has 3 atom stereocenters. The van der Waals surface area contributed by atoms with Crippen LogP contribution in [0.25, 0.3) is 0 Å². The van der Waals surface area contributed by atoms with Gasteiger partial charge in [0.05, 0.1) is 12.1 Å². The SMILES string of the molecule is CC1CCN(C2CCCN(c3ccccc3)C2=O)CC1O. The summed E-state index contributed by atoms with van der Waals surface area (Å²) in [5.74, 6) is 0.527. The number of amides is 1. The van der Waals surface area contributed by atoms with E-state index in [1.165, 1.54) is 0 Å². The van der Waals surface area contributed by atoms with Crippen LogP contribution in [0.1, 0.15) is 26.2 Å². The maximum absolute atomic E-state index is 12.8. The summed E-state index contributed by atoms with van der Waals surface area (Å²) in [4.78, 5) is 16.9. The number of hydrogen-bond acceptors (Lipinski definition) is 3. The first kappa shape index (κ1) is 14.5. The summed E-state index contributed by atoms with van der Waals surface area (Å²) < 4.78 is 0. The van der Waals surface area contributed by atoms with Crippen molar-refractivity contribution in [3.8, 4) is 0 Å². The number of para-hydroxylation sites is 1. The van der Waals surface area contributed by atoms with Gasteiger partial charge >= 0.3 is 0 Å². The van der Waals surface area contributed by atoms with Crippen molar-refractivity contribution in [1.82, 2.24) is 4.90 Å². The number of anilines is 1. The number of aliphatic hydroxyl groups excluding tert-OH is 1. The van der Waals surface area contributed by atoms with E-state index in [0.717, 1.165) is 38.0 Å². The Bertz CT molecular complexity index is 491. The zero-order valence-electron chi connectivity index (χ0n) is 12.6. The van der Waals surface area contributed by atoms with Crippen molar-refractivity contribution >= 4 is 11.6 Å². The molecule has 2 saturated heterocycles. The van der Waals surface area contributed by atoms with Crippen molar-refractivity contribution in [2.75, 3.05) is 24.5 Å². The third-order valence-corrected chi connectivity index (χ3v) is 4.87. The topological polar surface area (TPSA) is 43.8 Å². The quantitative estimate of drug-likeness (QED) is 0.904. The molecular weight excluding hydrogens is 264 g/mol. The maximum Gasteiger partial charge on any atom is 0.244 e. The van der Waals surface area contributed by atoms with Crippen molar-refractivity contribution in [2.45, 2.75) is 38.3 Å².